The molecule has 0 unspecified atom stereocenters. The van der Waals surface area contributed by atoms with Crippen LogP contribution in [0, 0.1) is 17.6 Å². The summed E-state index contributed by atoms with van der Waals surface area (Å²) in [7, 11) is 0. The van der Waals surface area contributed by atoms with Crippen molar-refractivity contribution < 1.29 is 17.9 Å². The van der Waals surface area contributed by atoms with Crippen LogP contribution in [0.4, 0.5) is 13.2 Å². The molecule has 1 aliphatic rings. The predicted octanol–water partition coefficient (Wildman–Crippen LogP) is 9.57. The maximum atomic E-state index is 14.7. The number of hydrogen-bond acceptors (Lipinski definition) is 3. The third-order valence-corrected chi connectivity index (χ3v) is 7.59. The zero-order valence-corrected chi connectivity index (χ0v) is 22.6. The fraction of sp³-hybridized carbons (Fsp3) is 0.677. The van der Waals surface area contributed by atoms with E-state index in [1.807, 2.05) is 0 Å². The molecule has 1 aliphatic carbocycles. The van der Waals surface area contributed by atoms with Gasteiger partial charge in [0.25, 0.3) is 0 Å². The first kappa shape index (κ1) is 29.4. The van der Waals surface area contributed by atoms with Gasteiger partial charge in [-0.3, -0.25) is 0 Å². The molecule has 0 spiro atoms. The summed E-state index contributed by atoms with van der Waals surface area (Å²) in [5.41, 5.74) is 0.976. The second-order valence-electron chi connectivity index (χ2n) is 10.7. The average molecular weight is 519 g/mol. The van der Waals surface area contributed by atoms with Gasteiger partial charge in [-0.15, -0.1) is 0 Å². The van der Waals surface area contributed by atoms with Gasteiger partial charge in [-0.25, -0.2) is 18.7 Å². The van der Waals surface area contributed by atoms with Crippen LogP contribution in [0.3, 0.4) is 0 Å². The Kier molecular flexibility index (Phi) is 13.3. The van der Waals surface area contributed by atoms with Crippen LogP contribution < -0.4 is 4.74 Å². The summed E-state index contributed by atoms with van der Waals surface area (Å²) in [5, 5.41) is 0. The van der Waals surface area contributed by atoms with E-state index in [4.69, 9.17) is 4.74 Å². The molecular formula is C31H45F3N2O. The summed E-state index contributed by atoms with van der Waals surface area (Å²) >= 11 is 0. The summed E-state index contributed by atoms with van der Waals surface area (Å²) in [5.74, 6) is -1.36. The highest BCUT2D eigenvalue weighted by atomic mass is 19.2. The van der Waals surface area contributed by atoms with Crippen LogP contribution in [0.5, 0.6) is 5.75 Å². The van der Waals surface area contributed by atoms with Gasteiger partial charge in [0.1, 0.15) is 12.8 Å². The van der Waals surface area contributed by atoms with E-state index in [0.717, 1.165) is 50.0 Å². The van der Waals surface area contributed by atoms with E-state index >= 15 is 0 Å². The van der Waals surface area contributed by atoms with Crippen molar-refractivity contribution in [2.24, 2.45) is 5.92 Å². The number of aromatic nitrogens is 2. The predicted molar refractivity (Wildman–Crippen MR) is 145 cm³/mol. The number of rotatable bonds is 18. The highest BCUT2D eigenvalue weighted by Gasteiger charge is 2.19. The number of unbranched alkanes of at least 4 members (excludes halogenated alkanes) is 8. The second-order valence-corrected chi connectivity index (χ2v) is 10.7. The number of benzene rings is 1. The summed E-state index contributed by atoms with van der Waals surface area (Å²) in [6.45, 7) is 1.81. The first-order valence-corrected chi connectivity index (χ1v) is 14.6. The molecule has 6 heteroatoms. The minimum atomic E-state index is -1.20. The maximum absolute atomic E-state index is 14.7. The molecule has 0 bridgehead atoms. The van der Waals surface area contributed by atoms with Crippen LogP contribution in [-0.4, -0.2) is 22.7 Å². The molecule has 206 valence electrons. The molecular weight excluding hydrogens is 473 g/mol. The Morgan fingerprint density at radius 2 is 1.54 bits per heavy atom. The fourth-order valence-corrected chi connectivity index (χ4v) is 5.26. The molecule has 3 rings (SSSR count). The standard InChI is InChI=1S/C31H45F3N2O/c1-2-3-4-11-18-26(32)23-37-28-20-19-27(29(33)30(28)34)31-35-21-25(22-36-31)17-10-8-6-5-7-9-14-24-15-12-13-16-24/h19-22,24,26H,2-18,23H2,1H3/t26-/m1/s1. The summed E-state index contributed by atoms with van der Waals surface area (Å²) in [6.07, 6.45) is 22.0. The maximum Gasteiger partial charge on any atom is 0.201 e. The molecule has 2 aromatic rings. The Labute approximate surface area is 221 Å². The molecule has 1 atom stereocenters. The smallest absolute Gasteiger partial charge is 0.201 e. The molecule has 3 nitrogen and oxygen atoms in total. The van der Waals surface area contributed by atoms with Gasteiger partial charge in [-0.2, -0.15) is 4.39 Å². The zero-order chi connectivity index (χ0) is 26.3. The van der Waals surface area contributed by atoms with Gasteiger partial charge in [0.2, 0.25) is 5.82 Å². The number of hydrogen-bond donors (Lipinski definition) is 0. The van der Waals surface area contributed by atoms with E-state index in [0.29, 0.717) is 6.42 Å². The molecule has 0 radical (unpaired) electrons. The quantitative estimate of drug-likeness (QED) is 0.184. The molecule has 1 aromatic carbocycles. The number of alkyl halides is 1. The van der Waals surface area contributed by atoms with Gasteiger partial charge in [0, 0.05) is 12.4 Å². The third-order valence-electron chi connectivity index (χ3n) is 7.59. The molecule has 0 amide bonds. The van der Waals surface area contributed by atoms with Crippen molar-refractivity contribution in [3.05, 3.63) is 41.7 Å². The molecule has 0 saturated heterocycles. The SMILES string of the molecule is CCCCCC[C@@H](F)COc1ccc(-c2ncc(CCCCCCCCC3CCCC3)cn2)c(F)c1F. The lowest BCUT2D eigenvalue weighted by atomic mass is 9.99. The molecule has 1 heterocycles. The van der Waals surface area contributed by atoms with Gasteiger partial charge in [-0.05, 0) is 42.9 Å². The third kappa shape index (κ3) is 10.3. The first-order chi connectivity index (χ1) is 18.1. The minimum absolute atomic E-state index is 0.0228. The molecule has 1 fully saturated rings. The van der Waals surface area contributed by atoms with Gasteiger partial charge in [0.05, 0.1) is 5.56 Å². The van der Waals surface area contributed by atoms with Crippen molar-refractivity contribution in [3.63, 3.8) is 0 Å². The highest BCUT2D eigenvalue weighted by Crippen LogP contribution is 2.30. The molecule has 1 aromatic heterocycles. The molecule has 0 aliphatic heterocycles. The van der Waals surface area contributed by atoms with Crippen molar-refractivity contribution >= 4 is 0 Å². The van der Waals surface area contributed by atoms with E-state index in [-0.39, 0.29) is 23.7 Å². The lowest BCUT2D eigenvalue weighted by Crippen LogP contribution is -2.14. The van der Waals surface area contributed by atoms with Crippen molar-refractivity contribution in [2.75, 3.05) is 6.61 Å². The summed E-state index contributed by atoms with van der Waals surface area (Å²) < 4.78 is 48.5. The number of ether oxygens (including phenoxy) is 1. The lowest BCUT2D eigenvalue weighted by Gasteiger charge is -2.12. The zero-order valence-electron chi connectivity index (χ0n) is 22.6. The average Bonchev–Trinajstić information content (AvgIpc) is 3.43. The highest BCUT2D eigenvalue weighted by molar-refractivity contribution is 5.57. The number of nitrogens with zero attached hydrogens (tertiary/aromatic N) is 2. The number of halogens is 3. The van der Waals surface area contributed by atoms with E-state index in [9.17, 15) is 13.2 Å². The van der Waals surface area contributed by atoms with Gasteiger partial charge in [0.15, 0.2) is 17.4 Å². The van der Waals surface area contributed by atoms with Gasteiger partial charge < -0.3 is 4.74 Å². The second kappa shape index (κ2) is 16.7. The van der Waals surface area contributed by atoms with Crippen LogP contribution in [0.15, 0.2) is 24.5 Å². The Morgan fingerprint density at radius 3 is 2.27 bits per heavy atom. The van der Waals surface area contributed by atoms with E-state index in [1.165, 1.54) is 76.3 Å². The van der Waals surface area contributed by atoms with Crippen molar-refractivity contribution in [1.29, 1.82) is 0 Å². The van der Waals surface area contributed by atoms with Crippen molar-refractivity contribution in [1.82, 2.24) is 9.97 Å². The Balaban J connectivity index is 1.37. The number of aryl methyl sites for hydroxylation is 1. The van der Waals surface area contributed by atoms with Crippen LogP contribution in [0.25, 0.3) is 11.4 Å². The van der Waals surface area contributed by atoms with E-state index < -0.39 is 17.8 Å². The van der Waals surface area contributed by atoms with Crippen LogP contribution in [-0.2, 0) is 6.42 Å². The molecule has 37 heavy (non-hydrogen) atoms. The lowest BCUT2D eigenvalue weighted by molar-refractivity contribution is 0.177. The molecule has 0 N–H and O–H groups in total. The van der Waals surface area contributed by atoms with E-state index in [2.05, 4.69) is 16.9 Å². The van der Waals surface area contributed by atoms with Crippen molar-refractivity contribution in [3.8, 4) is 17.1 Å². The summed E-state index contributed by atoms with van der Waals surface area (Å²) in [6, 6.07) is 2.71. The largest absolute Gasteiger partial charge is 0.487 e. The fourth-order valence-electron chi connectivity index (χ4n) is 5.26. The molecule has 1 saturated carbocycles. The Hall–Kier alpha value is -2.11. The Morgan fingerprint density at radius 1 is 0.865 bits per heavy atom. The monoisotopic (exact) mass is 518 g/mol. The normalized spacial score (nSPS) is 14.8. The Bertz CT molecular complexity index is 900. The first-order valence-electron chi connectivity index (χ1n) is 14.6. The topological polar surface area (TPSA) is 35.0 Å². The van der Waals surface area contributed by atoms with Gasteiger partial charge in [-0.1, -0.05) is 96.8 Å². The summed E-state index contributed by atoms with van der Waals surface area (Å²) in [4.78, 5) is 8.52. The minimum Gasteiger partial charge on any atom is -0.487 e. The van der Waals surface area contributed by atoms with Crippen LogP contribution in [0.1, 0.15) is 115 Å². The van der Waals surface area contributed by atoms with Crippen molar-refractivity contribution in [2.45, 2.75) is 122 Å². The van der Waals surface area contributed by atoms with E-state index in [1.54, 1.807) is 12.4 Å². The van der Waals surface area contributed by atoms with Crippen LogP contribution in [0.2, 0.25) is 0 Å². The van der Waals surface area contributed by atoms with Crippen LogP contribution >= 0.6 is 0 Å². The van der Waals surface area contributed by atoms with Gasteiger partial charge >= 0.3 is 0 Å².